The second-order valence-electron chi connectivity index (χ2n) is 5.34. The van der Waals surface area contributed by atoms with Gasteiger partial charge in [0.25, 0.3) is 0 Å². The van der Waals surface area contributed by atoms with Crippen molar-refractivity contribution in [1.82, 2.24) is 5.16 Å². The van der Waals surface area contributed by atoms with Crippen molar-refractivity contribution < 1.29 is 14.4 Å². The number of halogens is 2. The highest BCUT2D eigenvalue weighted by molar-refractivity contribution is 6.34. The summed E-state index contributed by atoms with van der Waals surface area (Å²) in [6.07, 6.45) is -0.0734. The van der Waals surface area contributed by atoms with Gasteiger partial charge in [-0.25, -0.2) is 0 Å². The summed E-state index contributed by atoms with van der Waals surface area (Å²) >= 11 is 11.9. The fourth-order valence-electron chi connectivity index (χ4n) is 2.48. The van der Waals surface area contributed by atoms with E-state index in [0.717, 1.165) is 0 Å². The third-order valence-electron chi connectivity index (χ3n) is 3.72. The molecule has 0 saturated heterocycles. The van der Waals surface area contributed by atoms with Crippen LogP contribution in [-0.2, 0) is 6.42 Å². The number of benzene rings is 1. The van der Waals surface area contributed by atoms with E-state index in [1.165, 1.54) is 19.9 Å². The fourth-order valence-corrected chi connectivity index (χ4v) is 3.03. The monoisotopic (exact) mass is 373 g/mol. The highest BCUT2D eigenvalue weighted by atomic mass is 35.5. The van der Waals surface area contributed by atoms with Gasteiger partial charge in [-0.3, -0.25) is 20.2 Å². The second kappa shape index (κ2) is 7.14. The molecule has 8 nitrogen and oxygen atoms in total. The topological polar surface area (TPSA) is 112 Å². The zero-order valence-corrected chi connectivity index (χ0v) is 14.2. The number of nitro groups is 2. The molecule has 0 aliphatic rings. The van der Waals surface area contributed by atoms with Crippen molar-refractivity contribution in [3.63, 3.8) is 0 Å². The Bertz CT molecular complexity index is 772. The maximum absolute atomic E-state index is 11.3. The normalized spacial score (nSPS) is 13.5. The van der Waals surface area contributed by atoms with Crippen molar-refractivity contribution in [3.05, 3.63) is 65.5 Å². The average molecular weight is 374 g/mol. The van der Waals surface area contributed by atoms with E-state index in [1.807, 2.05) is 0 Å². The molecule has 128 valence electrons. The molecule has 0 spiro atoms. The van der Waals surface area contributed by atoms with E-state index in [-0.39, 0.29) is 23.6 Å². The van der Waals surface area contributed by atoms with E-state index < -0.39 is 21.8 Å². The standard InChI is InChI=1S/C14H13Cl2N3O5/c1-7-14(19(22)23)13(24-17-7)6-12(8(2)18(20)21)9-3-10(15)5-11(16)4-9/h3-5,8,12H,6H2,1-2H3/t8-,12?/m1/s1. The third kappa shape index (κ3) is 3.82. The van der Waals surface area contributed by atoms with Gasteiger partial charge in [-0.2, -0.15) is 0 Å². The summed E-state index contributed by atoms with van der Waals surface area (Å²) in [4.78, 5) is 21.3. The van der Waals surface area contributed by atoms with E-state index in [0.29, 0.717) is 15.6 Å². The number of hydrogen-bond acceptors (Lipinski definition) is 6. The van der Waals surface area contributed by atoms with Crippen LogP contribution < -0.4 is 0 Å². The van der Waals surface area contributed by atoms with Gasteiger partial charge in [-0.15, -0.1) is 0 Å². The number of rotatable bonds is 6. The number of aromatic nitrogens is 1. The minimum atomic E-state index is -1.04. The predicted molar refractivity (Wildman–Crippen MR) is 87.3 cm³/mol. The largest absolute Gasteiger partial charge is 0.354 e. The smallest absolute Gasteiger partial charge is 0.334 e. The Kier molecular flexibility index (Phi) is 5.40. The first-order chi connectivity index (χ1) is 11.2. The molecule has 1 unspecified atom stereocenters. The Labute approximate surface area is 146 Å². The van der Waals surface area contributed by atoms with Crippen LogP contribution in [0.25, 0.3) is 0 Å². The van der Waals surface area contributed by atoms with Gasteiger partial charge in [-0.1, -0.05) is 28.4 Å². The summed E-state index contributed by atoms with van der Waals surface area (Å²) in [7, 11) is 0. The molecule has 0 amide bonds. The molecule has 24 heavy (non-hydrogen) atoms. The van der Waals surface area contributed by atoms with Crippen molar-refractivity contribution in [2.75, 3.05) is 0 Å². The lowest BCUT2D eigenvalue weighted by Crippen LogP contribution is -2.26. The Balaban J connectivity index is 2.48. The fraction of sp³-hybridized carbons (Fsp3) is 0.357. The van der Waals surface area contributed by atoms with Crippen LogP contribution in [0.1, 0.15) is 29.9 Å². The number of nitrogens with zero attached hydrogens (tertiary/aromatic N) is 3. The van der Waals surface area contributed by atoms with E-state index in [1.54, 1.807) is 12.1 Å². The maximum atomic E-state index is 11.3. The maximum Gasteiger partial charge on any atom is 0.334 e. The van der Waals surface area contributed by atoms with Crippen molar-refractivity contribution in [3.8, 4) is 0 Å². The third-order valence-corrected chi connectivity index (χ3v) is 4.15. The second-order valence-corrected chi connectivity index (χ2v) is 6.21. The molecule has 0 radical (unpaired) electrons. The highest BCUT2D eigenvalue weighted by Crippen LogP contribution is 2.34. The Hall–Kier alpha value is -2.19. The molecule has 0 fully saturated rings. The summed E-state index contributed by atoms with van der Waals surface area (Å²) in [5.41, 5.74) is 0.343. The zero-order valence-electron chi connectivity index (χ0n) is 12.7. The van der Waals surface area contributed by atoms with Crippen molar-refractivity contribution in [2.24, 2.45) is 0 Å². The Morgan fingerprint density at radius 1 is 1.21 bits per heavy atom. The molecule has 1 aromatic heterocycles. The first-order valence-electron chi connectivity index (χ1n) is 6.89. The van der Waals surface area contributed by atoms with Gasteiger partial charge in [0.1, 0.15) is 0 Å². The molecule has 10 heteroatoms. The molecule has 0 aliphatic heterocycles. The van der Waals surface area contributed by atoms with Crippen molar-refractivity contribution in [2.45, 2.75) is 32.2 Å². The van der Waals surface area contributed by atoms with Gasteiger partial charge >= 0.3 is 5.69 Å². The first-order valence-corrected chi connectivity index (χ1v) is 7.65. The predicted octanol–water partition coefficient (Wildman–Crippen LogP) is 4.19. The van der Waals surface area contributed by atoms with Gasteiger partial charge in [0.15, 0.2) is 5.69 Å². The molecular formula is C14H13Cl2N3O5. The van der Waals surface area contributed by atoms with Gasteiger partial charge in [0.05, 0.1) is 10.8 Å². The van der Waals surface area contributed by atoms with Crippen LogP contribution in [0.15, 0.2) is 22.7 Å². The molecule has 0 bridgehead atoms. The molecular weight excluding hydrogens is 361 g/mol. The molecule has 1 heterocycles. The lowest BCUT2D eigenvalue weighted by atomic mass is 9.88. The van der Waals surface area contributed by atoms with Crippen LogP contribution in [0.4, 0.5) is 5.69 Å². The van der Waals surface area contributed by atoms with E-state index >= 15 is 0 Å². The molecule has 2 atom stereocenters. The average Bonchev–Trinajstić information content (AvgIpc) is 2.83. The minimum Gasteiger partial charge on any atom is -0.354 e. The number of aryl methyl sites for hydroxylation is 1. The van der Waals surface area contributed by atoms with E-state index in [2.05, 4.69) is 5.16 Å². The quantitative estimate of drug-likeness (QED) is 0.553. The van der Waals surface area contributed by atoms with Gasteiger partial charge in [0, 0.05) is 28.3 Å². The summed E-state index contributed by atoms with van der Waals surface area (Å²) in [5.74, 6) is -0.741. The van der Waals surface area contributed by atoms with Crippen LogP contribution in [0, 0.1) is 27.2 Å². The lowest BCUT2D eigenvalue weighted by Gasteiger charge is -2.18. The van der Waals surface area contributed by atoms with Crippen molar-refractivity contribution >= 4 is 28.9 Å². The molecule has 0 saturated carbocycles. The minimum absolute atomic E-state index is 0.0210. The highest BCUT2D eigenvalue weighted by Gasteiger charge is 2.34. The van der Waals surface area contributed by atoms with Crippen LogP contribution in [0.2, 0.25) is 10.0 Å². The Morgan fingerprint density at radius 2 is 1.79 bits per heavy atom. The van der Waals surface area contributed by atoms with Crippen LogP contribution in [0.5, 0.6) is 0 Å². The number of hydrogen-bond donors (Lipinski definition) is 0. The van der Waals surface area contributed by atoms with E-state index in [4.69, 9.17) is 27.7 Å². The van der Waals surface area contributed by atoms with E-state index in [9.17, 15) is 20.2 Å². The molecule has 2 aromatic rings. The summed E-state index contributed by atoms with van der Waals surface area (Å²) in [5, 5.41) is 26.6. The molecule has 2 rings (SSSR count). The summed E-state index contributed by atoms with van der Waals surface area (Å²) < 4.78 is 5.02. The van der Waals surface area contributed by atoms with Crippen molar-refractivity contribution in [1.29, 1.82) is 0 Å². The molecule has 1 aromatic carbocycles. The van der Waals surface area contributed by atoms with Gasteiger partial charge < -0.3 is 4.52 Å². The van der Waals surface area contributed by atoms with Gasteiger partial charge in [0.2, 0.25) is 11.8 Å². The zero-order chi connectivity index (χ0) is 18.0. The van der Waals surface area contributed by atoms with Crippen LogP contribution in [0.3, 0.4) is 0 Å². The first kappa shape index (κ1) is 18.2. The van der Waals surface area contributed by atoms with Gasteiger partial charge in [-0.05, 0) is 30.7 Å². The SMILES string of the molecule is Cc1noc(CC(c2cc(Cl)cc(Cl)c2)[C@@H](C)[N+](=O)[O-])c1[N+](=O)[O-]. The summed E-state index contributed by atoms with van der Waals surface area (Å²) in [6.45, 7) is 2.85. The Morgan fingerprint density at radius 3 is 2.29 bits per heavy atom. The lowest BCUT2D eigenvalue weighted by molar-refractivity contribution is -0.522. The van der Waals surface area contributed by atoms with Crippen LogP contribution in [-0.4, -0.2) is 21.0 Å². The molecule has 0 N–H and O–H groups in total. The molecule has 0 aliphatic carbocycles. The summed E-state index contributed by atoms with van der Waals surface area (Å²) in [6, 6.07) is 3.56. The van der Waals surface area contributed by atoms with Crippen LogP contribution >= 0.6 is 23.2 Å².